The van der Waals surface area contributed by atoms with E-state index in [1.165, 1.54) is 16.5 Å². The highest BCUT2D eigenvalue weighted by molar-refractivity contribution is 7.91. The molecular weight excluding hydrogens is 675 g/mol. The van der Waals surface area contributed by atoms with Crippen LogP contribution < -0.4 is 20.1 Å². The molecule has 3 fully saturated rings. The number of aryl methyl sites for hydroxylation is 2. The fourth-order valence-corrected chi connectivity index (χ4v) is 8.50. The van der Waals surface area contributed by atoms with Crippen molar-refractivity contribution < 1.29 is 37.1 Å². The van der Waals surface area contributed by atoms with Crippen LogP contribution in [0.25, 0.3) is 10.8 Å². The van der Waals surface area contributed by atoms with Gasteiger partial charge in [-0.25, -0.2) is 18.2 Å². The summed E-state index contributed by atoms with van der Waals surface area (Å²) in [4.78, 5) is 61.5. The van der Waals surface area contributed by atoms with Gasteiger partial charge in [-0.3, -0.25) is 19.1 Å². The molecule has 51 heavy (non-hydrogen) atoms. The number of rotatable bonds is 10. The number of fused-ring (bicyclic) bond motifs is 3. The Kier molecular flexibility index (Phi) is 9.39. The first-order valence-electron chi connectivity index (χ1n) is 17.7. The minimum absolute atomic E-state index is 0.00721. The van der Waals surface area contributed by atoms with E-state index in [0.717, 1.165) is 35.7 Å². The van der Waals surface area contributed by atoms with Crippen LogP contribution in [0.3, 0.4) is 0 Å². The summed E-state index contributed by atoms with van der Waals surface area (Å²) in [5.74, 6) is -2.10. The molecule has 14 heteroatoms. The number of carbonyl (C=O) groups excluding carboxylic acids is 4. The molecule has 0 radical (unpaired) electrons. The predicted octanol–water partition coefficient (Wildman–Crippen LogP) is 3.68. The Morgan fingerprint density at radius 2 is 1.75 bits per heavy atom. The van der Waals surface area contributed by atoms with E-state index >= 15 is 0 Å². The Balaban J connectivity index is 1.30. The fourth-order valence-electron chi connectivity index (χ4n) is 7.14. The van der Waals surface area contributed by atoms with E-state index in [2.05, 4.69) is 21.9 Å². The predicted molar refractivity (Wildman–Crippen MR) is 190 cm³/mol. The molecule has 1 aromatic heterocycles. The molecular formula is C37H49N5O8S. The first-order valence-corrected chi connectivity index (χ1v) is 19.3. The van der Waals surface area contributed by atoms with E-state index in [1.54, 1.807) is 41.5 Å². The molecule has 1 aliphatic heterocycles. The Labute approximate surface area is 299 Å². The molecule has 1 unspecified atom stereocenters. The molecule has 5 atom stereocenters. The van der Waals surface area contributed by atoms with E-state index in [0.29, 0.717) is 18.7 Å². The highest BCUT2D eigenvalue weighted by Crippen LogP contribution is 2.46. The van der Waals surface area contributed by atoms with Crippen LogP contribution in [0.4, 0.5) is 4.79 Å². The second-order valence-electron chi connectivity index (χ2n) is 16.4. The van der Waals surface area contributed by atoms with Crippen molar-refractivity contribution in [1.82, 2.24) is 25.2 Å². The van der Waals surface area contributed by atoms with Gasteiger partial charge in [-0.1, -0.05) is 45.0 Å². The van der Waals surface area contributed by atoms with Gasteiger partial charge in [-0.15, -0.1) is 6.58 Å². The molecule has 1 saturated heterocycles. The van der Waals surface area contributed by atoms with Crippen LogP contribution in [0, 0.1) is 11.3 Å². The second kappa shape index (κ2) is 13.1. The maximum absolute atomic E-state index is 14.5. The van der Waals surface area contributed by atoms with E-state index in [9.17, 15) is 27.6 Å². The SMILES string of the molecule is C=CC1C[C@]1(NC(=O)[C@@H]1C[C@@H](Oc2nc3c(c4ccccc24)CCC3)CN1C(=O)[C@@H](NC(=O)OC(C)(C)C)C(C)(C)C)C(=O)NS(=O)(=O)C1CC1. The highest BCUT2D eigenvalue weighted by Gasteiger charge is 2.62. The number of alkyl carbamates (subject to hydrolysis) is 1. The molecule has 2 aromatic rings. The maximum atomic E-state index is 14.5. The number of aromatic nitrogens is 1. The Morgan fingerprint density at radius 1 is 1.06 bits per heavy atom. The number of hydrogen-bond donors (Lipinski definition) is 3. The molecule has 6 rings (SSSR count). The number of amides is 4. The lowest BCUT2D eigenvalue weighted by molar-refractivity contribution is -0.143. The Hall–Kier alpha value is -4.20. The number of likely N-dealkylation sites (tertiary alicyclic amines) is 1. The van der Waals surface area contributed by atoms with Crippen LogP contribution in [0.5, 0.6) is 5.88 Å². The summed E-state index contributed by atoms with van der Waals surface area (Å²) in [6, 6.07) is 5.66. The van der Waals surface area contributed by atoms with Crippen molar-refractivity contribution in [2.24, 2.45) is 11.3 Å². The van der Waals surface area contributed by atoms with Gasteiger partial charge >= 0.3 is 6.09 Å². The zero-order valence-electron chi connectivity index (χ0n) is 30.2. The van der Waals surface area contributed by atoms with Crippen LogP contribution in [-0.4, -0.2) is 83.2 Å². The summed E-state index contributed by atoms with van der Waals surface area (Å²) >= 11 is 0. The van der Waals surface area contributed by atoms with Crippen LogP contribution in [0.2, 0.25) is 0 Å². The summed E-state index contributed by atoms with van der Waals surface area (Å²) in [6.45, 7) is 14.3. The fraction of sp³-hybridized carbons (Fsp3) is 0.595. The molecule has 13 nitrogen and oxygen atoms in total. The summed E-state index contributed by atoms with van der Waals surface area (Å²) in [5.41, 5.74) is -0.979. The summed E-state index contributed by atoms with van der Waals surface area (Å²) < 4.78 is 39.6. The Morgan fingerprint density at radius 3 is 2.35 bits per heavy atom. The van der Waals surface area contributed by atoms with Gasteiger partial charge < -0.3 is 25.0 Å². The van der Waals surface area contributed by atoms with E-state index in [4.69, 9.17) is 14.5 Å². The number of nitrogens with zero attached hydrogens (tertiary/aromatic N) is 2. The molecule has 276 valence electrons. The molecule has 0 spiro atoms. The van der Waals surface area contributed by atoms with Crippen LogP contribution >= 0.6 is 0 Å². The molecule has 3 aliphatic carbocycles. The molecule has 1 aromatic carbocycles. The number of carbonyl (C=O) groups is 4. The lowest BCUT2D eigenvalue weighted by atomic mass is 9.85. The van der Waals surface area contributed by atoms with Gasteiger partial charge in [0.2, 0.25) is 27.7 Å². The summed E-state index contributed by atoms with van der Waals surface area (Å²) in [5, 5.41) is 6.79. The number of nitrogens with one attached hydrogen (secondary N) is 3. The van der Waals surface area contributed by atoms with Crippen LogP contribution in [0.1, 0.15) is 84.9 Å². The number of pyridine rings is 1. The van der Waals surface area contributed by atoms with Crippen molar-refractivity contribution in [1.29, 1.82) is 0 Å². The van der Waals surface area contributed by atoms with E-state index in [-0.39, 0.29) is 19.4 Å². The van der Waals surface area contributed by atoms with Crippen molar-refractivity contribution in [3.8, 4) is 5.88 Å². The lowest BCUT2D eigenvalue weighted by Crippen LogP contribution is -2.60. The second-order valence-corrected chi connectivity index (χ2v) is 18.3. The third-order valence-electron chi connectivity index (χ3n) is 10.1. The smallest absolute Gasteiger partial charge is 0.408 e. The van der Waals surface area contributed by atoms with Crippen LogP contribution in [0.15, 0.2) is 36.9 Å². The standard InChI is InChI=1S/C37H49N5O8S/c1-8-21-19-37(21,33(45)41-51(47,48)23-16-17-23)40-30(43)28-18-22(49-31-26-13-10-9-12-24(26)25-14-11-15-27(25)38-31)20-42(28)32(44)29(35(2,3)4)39-34(46)50-36(5,6)7/h8-10,12-13,21-23,28-29H,1,11,14-20H2,2-7H3,(H,39,46)(H,40,43)(H,41,45)/t21?,22-,28+,29-,37-/m1/s1. The quantitative estimate of drug-likeness (QED) is 0.309. The third kappa shape index (κ3) is 7.56. The largest absolute Gasteiger partial charge is 0.472 e. The zero-order chi connectivity index (χ0) is 37.1. The number of benzene rings is 1. The number of ether oxygens (including phenoxy) is 2. The summed E-state index contributed by atoms with van der Waals surface area (Å²) in [7, 11) is -3.89. The number of hydrogen-bond acceptors (Lipinski definition) is 9. The zero-order valence-corrected chi connectivity index (χ0v) is 31.0. The monoisotopic (exact) mass is 723 g/mol. The minimum atomic E-state index is -3.89. The molecule has 2 heterocycles. The minimum Gasteiger partial charge on any atom is -0.472 e. The van der Waals surface area contributed by atoms with Crippen LogP contribution in [-0.2, 0) is 42.0 Å². The molecule has 3 N–H and O–H groups in total. The van der Waals surface area contributed by atoms with Gasteiger partial charge in [-0.05, 0) is 81.7 Å². The number of sulfonamides is 1. The summed E-state index contributed by atoms with van der Waals surface area (Å²) in [6.07, 6.45) is 3.96. The van der Waals surface area contributed by atoms with Crippen molar-refractivity contribution in [2.75, 3.05) is 6.54 Å². The maximum Gasteiger partial charge on any atom is 0.408 e. The van der Waals surface area contributed by atoms with Crippen molar-refractivity contribution in [3.05, 3.63) is 48.2 Å². The third-order valence-corrected chi connectivity index (χ3v) is 11.9. The van der Waals surface area contributed by atoms with Crippen molar-refractivity contribution in [3.63, 3.8) is 0 Å². The van der Waals surface area contributed by atoms with Gasteiger partial charge in [0.25, 0.3) is 5.91 Å². The van der Waals surface area contributed by atoms with E-state index in [1.807, 2.05) is 24.3 Å². The average molecular weight is 724 g/mol. The average Bonchev–Trinajstić information content (AvgIpc) is 3.92. The van der Waals surface area contributed by atoms with Gasteiger partial charge in [0.1, 0.15) is 29.3 Å². The van der Waals surface area contributed by atoms with Gasteiger partial charge in [-0.2, -0.15) is 0 Å². The Bertz CT molecular complexity index is 1880. The van der Waals surface area contributed by atoms with Gasteiger partial charge in [0.15, 0.2) is 0 Å². The first kappa shape index (κ1) is 36.6. The normalized spacial score (nSPS) is 25.1. The first-order chi connectivity index (χ1) is 23.8. The van der Waals surface area contributed by atoms with Gasteiger partial charge in [0.05, 0.1) is 11.8 Å². The topological polar surface area (TPSA) is 173 Å². The highest BCUT2D eigenvalue weighted by atomic mass is 32.2. The van der Waals surface area contributed by atoms with Crippen molar-refractivity contribution in [2.45, 2.75) is 121 Å². The molecule has 4 aliphatic rings. The van der Waals surface area contributed by atoms with E-state index < -0.39 is 79.7 Å². The lowest BCUT2D eigenvalue weighted by Gasteiger charge is -2.36. The van der Waals surface area contributed by atoms with Crippen molar-refractivity contribution >= 4 is 44.6 Å². The molecule has 2 saturated carbocycles. The molecule has 4 amide bonds. The molecule has 0 bridgehead atoms. The van der Waals surface area contributed by atoms with Gasteiger partial charge in [0, 0.05) is 23.4 Å².